The van der Waals surface area contributed by atoms with Crippen molar-refractivity contribution in [1.29, 1.82) is 0 Å². The number of hydrogen-bond acceptors (Lipinski definition) is 9. The lowest BCUT2D eigenvalue weighted by atomic mass is 10.1. The summed E-state index contributed by atoms with van der Waals surface area (Å²) in [7, 11) is 0. The molecule has 0 amide bonds. The Morgan fingerprint density at radius 2 is 0.831 bits per heavy atom. The van der Waals surface area contributed by atoms with Crippen molar-refractivity contribution in [3.8, 4) is 0 Å². The molecule has 0 aromatic rings. The molecular weight excluding hydrogens is 739 g/mol. The third-order valence-corrected chi connectivity index (χ3v) is 11.0. The highest BCUT2D eigenvalue weighted by Gasteiger charge is 2.12. The third-order valence-electron chi connectivity index (χ3n) is 11.0. The number of carbonyl (C=O) groups is 2. The molecule has 0 aliphatic carbocycles. The molecule has 0 fully saturated rings. The Kier molecular flexibility index (Phi) is 53.6. The van der Waals surface area contributed by atoms with Crippen molar-refractivity contribution >= 4 is 11.9 Å². The molecule has 0 atom stereocenters. The molecule has 59 heavy (non-hydrogen) atoms. The Morgan fingerprint density at radius 3 is 1.29 bits per heavy atom. The van der Waals surface area contributed by atoms with E-state index in [0.717, 1.165) is 90.8 Å². The number of aliphatic hydroxyl groups excluding tert-OH is 1. The Labute approximate surface area is 367 Å². The molecule has 0 aliphatic heterocycles. The smallest absolute Gasteiger partial charge is 0.325 e. The van der Waals surface area contributed by atoms with Crippen LogP contribution < -0.4 is 5.32 Å². The summed E-state index contributed by atoms with van der Waals surface area (Å²) in [4.78, 5) is 33.2. The fourth-order valence-electron chi connectivity index (χ4n) is 7.18. The average Bonchev–Trinajstić information content (AvgIpc) is 3.23. The summed E-state index contributed by atoms with van der Waals surface area (Å²) in [5.74, 6) is -0.0642. The van der Waals surface area contributed by atoms with Crippen LogP contribution in [0.1, 0.15) is 240 Å². The van der Waals surface area contributed by atoms with E-state index in [-0.39, 0.29) is 18.5 Å². The second kappa shape index (κ2) is 52.9. The van der Waals surface area contributed by atoms with Crippen molar-refractivity contribution in [2.75, 3.05) is 72.2 Å². The molecule has 0 rings (SSSR count). The van der Waals surface area contributed by atoms with Crippen LogP contribution in [-0.2, 0) is 23.9 Å². The molecule has 0 bridgehead atoms. The third kappa shape index (κ3) is 51.0. The van der Waals surface area contributed by atoms with Gasteiger partial charge in [0, 0.05) is 39.1 Å². The molecular formula is C50H103N3O6. The molecule has 0 aliphatic rings. The number of ether oxygens (including phenoxy) is 2. The summed E-state index contributed by atoms with van der Waals surface area (Å²) < 4.78 is 10.3. The lowest BCUT2D eigenvalue weighted by Gasteiger charge is -2.22. The monoisotopic (exact) mass is 842 g/mol. The number of unbranched alkanes of at least 4 members (excludes halogenated alkanes) is 24. The van der Waals surface area contributed by atoms with Crippen LogP contribution in [0.5, 0.6) is 0 Å². The van der Waals surface area contributed by atoms with Gasteiger partial charge >= 0.3 is 11.9 Å². The summed E-state index contributed by atoms with van der Waals surface area (Å²) in [6, 6.07) is 0. The van der Waals surface area contributed by atoms with Gasteiger partial charge in [-0.3, -0.25) is 14.5 Å². The molecule has 0 heterocycles. The molecule has 0 saturated heterocycles. The highest BCUT2D eigenvalue weighted by atomic mass is 16.7. The van der Waals surface area contributed by atoms with Crippen molar-refractivity contribution < 1.29 is 29.0 Å². The van der Waals surface area contributed by atoms with Crippen molar-refractivity contribution in [2.45, 2.75) is 240 Å². The van der Waals surface area contributed by atoms with Crippen LogP contribution in [0.3, 0.4) is 0 Å². The van der Waals surface area contributed by atoms with E-state index >= 15 is 0 Å². The summed E-state index contributed by atoms with van der Waals surface area (Å²) >= 11 is 0. The van der Waals surface area contributed by atoms with Gasteiger partial charge in [-0.1, -0.05) is 169 Å². The lowest BCUT2D eigenvalue weighted by Crippen LogP contribution is -2.30. The zero-order valence-electron chi connectivity index (χ0n) is 40.3. The van der Waals surface area contributed by atoms with Gasteiger partial charge in [-0.05, 0) is 84.5 Å². The normalized spacial score (nSPS) is 11.3. The van der Waals surface area contributed by atoms with Gasteiger partial charge in [0.25, 0.3) is 0 Å². The number of nitrogens with one attached hydrogen (secondary N) is 1. The minimum absolute atomic E-state index is 0.0165. The zero-order chi connectivity index (χ0) is 43.5. The van der Waals surface area contributed by atoms with Crippen LogP contribution in [0.4, 0.5) is 0 Å². The lowest BCUT2D eigenvalue weighted by molar-refractivity contribution is -0.191. The largest absolute Gasteiger partial charge is 0.464 e. The zero-order valence-corrected chi connectivity index (χ0v) is 40.3. The molecule has 9 heteroatoms. The van der Waals surface area contributed by atoms with Gasteiger partial charge in [-0.15, -0.1) is 5.06 Å². The first-order valence-electron chi connectivity index (χ1n) is 25.7. The van der Waals surface area contributed by atoms with Gasteiger partial charge in [0.1, 0.15) is 6.61 Å². The maximum absolute atomic E-state index is 12.6. The highest BCUT2D eigenvalue weighted by Crippen LogP contribution is 2.12. The van der Waals surface area contributed by atoms with Crippen molar-refractivity contribution in [1.82, 2.24) is 15.3 Å². The van der Waals surface area contributed by atoms with E-state index in [1.807, 2.05) is 12.0 Å². The van der Waals surface area contributed by atoms with Gasteiger partial charge in [0.05, 0.1) is 13.2 Å². The number of hydrogen-bond donors (Lipinski definition) is 2. The van der Waals surface area contributed by atoms with Crippen molar-refractivity contribution in [3.63, 3.8) is 0 Å². The number of rotatable bonds is 47. The number of hydroxylamine groups is 2. The predicted octanol–water partition coefficient (Wildman–Crippen LogP) is 12.8. The van der Waals surface area contributed by atoms with Crippen LogP contribution in [0.15, 0.2) is 0 Å². The van der Waals surface area contributed by atoms with E-state index in [0.29, 0.717) is 32.7 Å². The quantitative estimate of drug-likeness (QED) is 0.0352. The Morgan fingerprint density at radius 1 is 0.441 bits per heavy atom. The Hall–Kier alpha value is -1.26. The van der Waals surface area contributed by atoms with E-state index < -0.39 is 0 Å². The molecule has 354 valence electrons. The highest BCUT2D eigenvalue weighted by molar-refractivity contribution is 5.69. The first-order valence-corrected chi connectivity index (χ1v) is 25.7. The second-order valence-corrected chi connectivity index (χ2v) is 16.8. The maximum atomic E-state index is 12.6. The second-order valence-electron chi connectivity index (χ2n) is 16.8. The molecule has 0 spiro atoms. The molecule has 0 saturated carbocycles. The molecule has 0 aromatic carbocycles. The number of aliphatic hydroxyl groups is 1. The molecule has 0 radical (unpaired) electrons. The van der Waals surface area contributed by atoms with Crippen LogP contribution >= 0.6 is 0 Å². The first kappa shape index (κ1) is 59.8. The Balaban J connectivity index is 0. The van der Waals surface area contributed by atoms with Gasteiger partial charge in [0.15, 0.2) is 0 Å². The molecule has 9 nitrogen and oxygen atoms in total. The molecule has 0 unspecified atom stereocenters. The minimum Gasteiger partial charge on any atom is -0.464 e. The van der Waals surface area contributed by atoms with Crippen LogP contribution in [0, 0.1) is 0 Å². The van der Waals surface area contributed by atoms with Crippen molar-refractivity contribution in [2.24, 2.45) is 0 Å². The summed E-state index contributed by atoms with van der Waals surface area (Å²) in [5, 5.41) is 13.6. The van der Waals surface area contributed by atoms with E-state index in [2.05, 4.69) is 37.9 Å². The van der Waals surface area contributed by atoms with Crippen LogP contribution in [0.2, 0.25) is 0 Å². The number of esters is 1. The van der Waals surface area contributed by atoms with E-state index in [4.69, 9.17) is 19.4 Å². The van der Waals surface area contributed by atoms with Gasteiger partial charge in [-0.2, -0.15) is 0 Å². The summed E-state index contributed by atoms with van der Waals surface area (Å²) in [5.41, 5.74) is 0. The van der Waals surface area contributed by atoms with E-state index in [1.165, 1.54) is 148 Å². The fourth-order valence-corrected chi connectivity index (χ4v) is 7.18. The fraction of sp³-hybridized carbons (Fsp3) is 0.960. The van der Waals surface area contributed by atoms with Gasteiger partial charge in [0.2, 0.25) is 0 Å². The predicted molar refractivity (Wildman–Crippen MR) is 252 cm³/mol. The van der Waals surface area contributed by atoms with E-state index in [1.54, 1.807) is 0 Å². The van der Waals surface area contributed by atoms with Crippen molar-refractivity contribution in [3.05, 3.63) is 0 Å². The number of carbonyl (C=O) groups excluding carboxylic acids is 2. The van der Waals surface area contributed by atoms with E-state index in [9.17, 15) is 9.59 Å². The summed E-state index contributed by atoms with van der Waals surface area (Å²) in [6.45, 7) is 19.8. The first-order chi connectivity index (χ1) is 29.0. The summed E-state index contributed by atoms with van der Waals surface area (Å²) in [6.07, 6.45) is 37.9. The SMILES string of the molecule is CCCCCCCCN(CCCCCCCC)OC(=O)CCCCCNCCCCCCCCCC(=O)OCCN(CCCCCC)CCCCCC.CCOCCO. The average molecular weight is 842 g/mol. The van der Waals surface area contributed by atoms with Crippen LogP contribution in [-0.4, -0.2) is 99.2 Å². The van der Waals surface area contributed by atoms with Gasteiger partial charge in [-0.25, -0.2) is 0 Å². The molecule has 2 N–H and O–H groups in total. The molecule has 0 aromatic heterocycles. The minimum atomic E-state index is -0.0477. The topological polar surface area (TPSA) is 101 Å². The number of nitrogens with zero attached hydrogens (tertiary/aromatic N) is 2. The maximum Gasteiger partial charge on any atom is 0.325 e. The van der Waals surface area contributed by atoms with Crippen LogP contribution in [0.25, 0.3) is 0 Å². The van der Waals surface area contributed by atoms with Gasteiger partial charge < -0.3 is 24.7 Å². The Bertz CT molecular complexity index is 788. The standard InChI is InChI=1S/C46H93N3O4.C4H10O2/c1-5-9-13-17-24-33-41-49(42-34-25-18-14-10-6-2)53-46(51)36-28-26-30-38-47-37-29-23-21-19-20-22-27-35-45(50)52-44-43-48(39-31-15-11-7-3)40-32-16-12-8-4;1-2-6-4-3-5/h47H,5-44H2,1-4H3;5H,2-4H2,1H3.